The van der Waals surface area contributed by atoms with Gasteiger partial charge in [-0.25, -0.2) is 4.79 Å². The van der Waals surface area contributed by atoms with E-state index in [1.54, 1.807) is 59.7 Å². The summed E-state index contributed by atoms with van der Waals surface area (Å²) in [5, 5.41) is 3.86. The van der Waals surface area contributed by atoms with Crippen LogP contribution < -0.4 is 10.4 Å². The number of amides is 2. The maximum atomic E-state index is 13.4. The van der Waals surface area contributed by atoms with Crippen LogP contribution in [-0.2, 0) is 28.8 Å². The maximum absolute atomic E-state index is 13.4. The van der Waals surface area contributed by atoms with Gasteiger partial charge in [-0.3, -0.25) is 14.4 Å². The van der Waals surface area contributed by atoms with E-state index in [1.165, 1.54) is 6.92 Å². The molecular weight excluding hydrogens is 448 g/mol. The molecule has 0 spiro atoms. The number of nitrogens with one attached hydrogen (secondary N) is 1. The first-order valence-electron chi connectivity index (χ1n) is 12.2. The summed E-state index contributed by atoms with van der Waals surface area (Å²) in [7, 11) is 0. The molecule has 190 valence electrons. The molecule has 8 nitrogen and oxygen atoms in total. The lowest BCUT2D eigenvalue weighted by Gasteiger charge is -2.23. The van der Waals surface area contributed by atoms with Crippen molar-refractivity contribution in [2.75, 3.05) is 10.4 Å². The van der Waals surface area contributed by atoms with Crippen molar-refractivity contribution in [3.05, 3.63) is 29.5 Å². The van der Waals surface area contributed by atoms with E-state index in [4.69, 9.17) is 9.57 Å². The van der Waals surface area contributed by atoms with Gasteiger partial charge in [0.25, 0.3) is 5.91 Å². The van der Waals surface area contributed by atoms with Crippen molar-refractivity contribution >= 4 is 40.7 Å². The van der Waals surface area contributed by atoms with Crippen molar-refractivity contribution in [3.63, 3.8) is 0 Å². The van der Waals surface area contributed by atoms with Crippen LogP contribution in [0.3, 0.4) is 0 Å². The molecule has 1 aromatic carbocycles. The average Bonchev–Trinajstić information content (AvgIpc) is 3.03. The fraction of sp³-hybridized carbons (Fsp3) is 0.556. The summed E-state index contributed by atoms with van der Waals surface area (Å²) >= 11 is 0. The van der Waals surface area contributed by atoms with Crippen LogP contribution in [0.1, 0.15) is 86.1 Å². The molecule has 0 bridgehead atoms. The van der Waals surface area contributed by atoms with E-state index in [9.17, 15) is 19.2 Å². The number of carbonyl (C=O) groups excluding carboxylic acids is 4. The van der Waals surface area contributed by atoms with E-state index in [2.05, 4.69) is 5.32 Å². The number of rotatable bonds is 4. The van der Waals surface area contributed by atoms with Crippen molar-refractivity contribution < 1.29 is 28.8 Å². The number of anilines is 2. The fourth-order valence-electron chi connectivity index (χ4n) is 3.92. The Morgan fingerprint density at radius 1 is 0.943 bits per heavy atom. The van der Waals surface area contributed by atoms with Gasteiger partial charge < -0.3 is 14.9 Å². The molecule has 1 aliphatic heterocycles. The number of carbonyl (C=O) groups is 4. The minimum absolute atomic E-state index is 0.0389. The molecular formula is C27H36N2O6. The summed E-state index contributed by atoms with van der Waals surface area (Å²) in [6, 6.07) is 4.97. The van der Waals surface area contributed by atoms with Crippen LogP contribution >= 0.6 is 0 Å². The highest BCUT2D eigenvalue weighted by molar-refractivity contribution is 6.32. The SMILES string of the molecule is C/C(OC(=O)C(C)(C)C)=C1/C(=O)N(OC(=O)C(C)(C)C)c2cc(NC(=O)C3CCCCC3)ccc21. The van der Waals surface area contributed by atoms with Crippen LogP contribution in [0.4, 0.5) is 11.4 Å². The molecule has 1 heterocycles. The second-order valence-corrected chi connectivity index (χ2v) is 11.4. The van der Waals surface area contributed by atoms with Gasteiger partial charge in [0.05, 0.1) is 22.1 Å². The highest BCUT2D eigenvalue weighted by Gasteiger charge is 2.40. The van der Waals surface area contributed by atoms with Crippen molar-refractivity contribution in [2.45, 2.75) is 80.6 Å². The van der Waals surface area contributed by atoms with E-state index < -0.39 is 28.7 Å². The summed E-state index contributed by atoms with van der Waals surface area (Å²) in [4.78, 5) is 56.8. The minimum Gasteiger partial charge on any atom is -0.430 e. The Balaban J connectivity index is 1.98. The average molecular weight is 485 g/mol. The Morgan fingerprint density at radius 3 is 2.11 bits per heavy atom. The molecule has 2 amide bonds. The molecule has 2 aliphatic rings. The summed E-state index contributed by atoms with van der Waals surface area (Å²) in [5.74, 6) is -1.68. The van der Waals surface area contributed by atoms with E-state index in [0.717, 1.165) is 37.2 Å². The van der Waals surface area contributed by atoms with Crippen LogP contribution in [0.5, 0.6) is 0 Å². The molecule has 0 saturated heterocycles. The van der Waals surface area contributed by atoms with Crippen LogP contribution in [0, 0.1) is 16.7 Å². The zero-order valence-electron chi connectivity index (χ0n) is 21.7. The van der Waals surface area contributed by atoms with Crippen molar-refractivity contribution in [1.29, 1.82) is 0 Å². The summed E-state index contributed by atoms with van der Waals surface area (Å²) in [6.07, 6.45) is 4.93. The number of esters is 1. The third-order valence-corrected chi connectivity index (χ3v) is 6.12. The lowest BCUT2D eigenvalue weighted by Crippen LogP contribution is -2.35. The maximum Gasteiger partial charge on any atom is 0.338 e. The monoisotopic (exact) mass is 484 g/mol. The van der Waals surface area contributed by atoms with E-state index in [1.807, 2.05) is 0 Å². The Kier molecular flexibility index (Phi) is 7.43. The molecule has 0 radical (unpaired) electrons. The number of allylic oxidation sites excluding steroid dienone is 1. The molecule has 8 heteroatoms. The van der Waals surface area contributed by atoms with Crippen LogP contribution in [0.2, 0.25) is 0 Å². The lowest BCUT2D eigenvalue weighted by atomic mass is 9.88. The first-order valence-corrected chi connectivity index (χ1v) is 12.2. The van der Waals surface area contributed by atoms with Crippen molar-refractivity contribution in [2.24, 2.45) is 16.7 Å². The second-order valence-electron chi connectivity index (χ2n) is 11.4. The van der Waals surface area contributed by atoms with Gasteiger partial charge in [0, 0.05) is 17.2 Å². The topological polar surface area (TPSA) is 102 Å². The zero-order valence-corrected chi connectivity index (χ0v) is 21.7. The molecule has 1 aliphatic carbocycles. The Morgan fingerprint density at radius 2 is 1.54 bits per heavy atom. The molecule has 0 unspecified atom stereocenters. The molecule has 1 N–H and O–H groups in total. The standard InChI is InChI=1S/C27H36N2O6/c1-16(34-24(32)26(2,3)4)21-19-14-13-18(28-22(30)17-11-9-8-10-12-17)15-20(19)29(23(21)31)35-25(33)27(5,6)7/h13-15,17H,8-12H2,1-7H3,(H,28,30)/b21-16-. The highest BCUT2D eigenvalue weighted by Crippen LogP contribution is 2.41. The third-order valence-electron chi connectivity index (χ3n) is 6.12. The van der Waals surface area contributed by atoms with Gasteiger partial charge in [-0.2, -0.15) is 0 Å². The van der Waals surface area contributed by atoms with E-state index in [-0.39, 0.29) is 23.2 Å². The van der Waals surface area contributed by atoms with Crippen molar-refractivity contribution in [3.8, 4) is 0 Å². The smallest absolute Gasteiger partial charge is 0.338 e. The molecule has 1 fully saturated rings. The van der Waals surface area contributed by atoms with Gasteiger partial charge in [0.2, 0.25) is 5.91 Å². The summed E-state index contributed by atoms with van der Waals surface area (Å²) in [6.45, 7) is 11.7. The number of hydrogen-bond acceptors (Lipinski definition) is 6. The Labute approximate surface area is 207 Å². The normalized spacial score (nSPS) is 18.1. The molecule has 3 rings (SSSR count). The number of fused-ring (bicyclic) bond motifs is 1. The Bertz CT molecular complexity index is 1070. The van der Waals surface area contributed by atoms with Crippen molar-refractivity contribution in [1.82, 2.24) is 0 Å². The predicted octanol–water partition coefficient (Wildman–Crippen LogP) is 5.38. The highest BCUT2D eigenvalue weighted by atomic mass is 16.7. The first-order chi connectivity index (χ1) is 16.2. The summed E-state index contributed by atoms with van der Waals surface area (Å²) in [5.41, 5.74) is -0.244. The van der Waals surface area contributed by atoms with Gasteiger partial charge >= 0.3 is 11.9 Å². The minimum atomic E-state index is -0.854. The quantitative estimate of drug-likeness (QED) is 0.350. The Hall–Kier alpha value is -3.16. The van der Waals surface area contributed by atoms with Crippen LogP contribution in [0.25, 0.3) is 5.57 Å². The molecule has 35 heavy (non-hydrogen) atoms. The third kappa shape index (κ3) is 5.92. The van der Waals surface area contributed by atoms with Gasteiger partial charge in [-0.1, -0.05) is 19.3 Å². The number of nitrogens with zero attached hydrogens (tertiary/aromatic N) is 1. The van der Waals surface area contributed by atoms with Gasteiger partial charge in [-0.15, -0.1) is 5.06 Å². The van der Waals surface area contributed by atoms with E-state index in [0.29, 0.717) is 16.9 Å². The molecule has 1 saturated carbocycles. The fourth-order valence-corrected chi connectivity index (χ4v) is 3.92. The number of hydrogen-bond donors (Lipinski definition) is 1. The number of ether oxygens (including phenoxy) is 1. The molecule has 0 aromatic heterocycles. The molecule has 1 aromatic rings. The van der Waals surface area contributed by atoms with Crippen LogP contribution in [-0.4, -0.2) is 23.8 Å². The largest absolute Gasteiger partial charge is 0.430 e. The second kappa shape index (κ2) is 9.84. The van der Waals surface area contributed by atoms with Crippen LogP contribution in [0.15, 0.2) is 24.0 Å². The predicted molar refractivity (Wildman–Crippen MR) is 133 cm³/mol. The lowest BCUT2D eigenvalue weighted by molar-refractivity contribution is -0.157. The van der Waals surface area contributed by atoms with E-state index >= 15 is 0 Å². The van der Waals surface area contributed by atoms with Gasteiger partial charge in [0.15, 0.2) is 0 Å². The number of hydroxylamine groups is 1. The number of benzene rings is 1. The summed E-state index contributed by atoms with van der Waals surface area (Å²) < 4.78 is 5.50. The molecule has 0 atom stereocenters. The van der Waals surface area contributed by atoms with Gasteiger partial charge in [-0.05, 0) is 79.5 Å². The first kappa shape index (κ1) is 26.4. The van der Waals surface area contributed by atoms with Gasteiger partial charge in [0.1, 0.15) is 5.76 Å². The zero-order chi connectivity index (χ0) is 26.1.